The smallest absolute Gasteiger partial charge is 0.266 e. The number of benzene rings is 2. The summed E-state index contributed by atoms with van der Waals surface area (Å²) in [7, 11) is 0. The third-order valence-corrected chi connectivity index (χ3v) is 5.85. The van der Waals surface area contributed by atoms with Crippen LogP contribution in [0.15, 0.2) is 47.5 Å². The lowest BCUT2D eigenvalue weighted by atomic mass is 10.0. The summed E-state index contributed by atoms with van der Waals surface area (Å²) in [4.78, 5) is 19.4. The van der Waals surface area contributed by atoms with Crippen LogP contribution in [0, 0.1) is 6.92 Å². The maximum atomic E-state index is 12.8. The number of ether oxygens (including phenoxy) is 1. The number of carbonyl (C=O) groups is 1. The Labute approximate surface area is 175 Å². The van der Waals surface area contributed by atoms with E-state index < -0.39 is 0 Å². The van der Waals surface area contributed by atoms with Gasteiger partial charge in [-0.2, -0.15) is 0 Å². The topological polar surface area (TPSA) is 41.9 Å². The highest BCUT2D eigenvalue weighted by atomic mass is 35.5. The zero-order valence-electron chi connectivity index (χ0n) is 16.4. The molecule has 0 aliphatic carbocycles. The molecule has 0 saturated carbocycles. The second kappa shape index (κ2) is 9.48. The molecule has 0 radical (unpaired) electrons. The Morgan fingerprint density at radius 1 is 1.29 bits per heavy atom. The molecule has 2 aromatic carbocycles. The number of para-hydroxylation sites is 1. The maximum Gasteiger partial charge on any atom is 0.266 e. The molecule has 1 aliphatic rings. The Morgan fingerprint density at radius 2 is 2.07 bits per heavy atom. The minimum atomic E-state index is -0.0812. The minimum Gasteiger partial charge on any atom is -0.483 e. The number of nitrogens with zero attached hydrogens (tertiary/aromatic N) is 2. The third kappa shape index (κ3) is 5.09. The van der Waals surface area contributed by atoms with Crippen LogP contribution in [0.4, 0.5) is 5.69 Å². The maximum absolute atomic E-state index is 12.8. The van der Waals surface area contributed by atoms with Crippen molar-refractivity contribution < 1.29 is 9.53 Å². The molecule has 6 heteroatoms. The van der Waals surface area contributed by atoms with E-state index >= 15 is 0 Å². The number of carbonyl (C=O) groups excluding carboxylic acids is 1. The highest BCUT2D eigenvalue weighted by molar-refractivity contribution is 8.13. The molecule has 1 aliphatic heterocycles. The molecule has 0 unspecified atom stereocenters. The van der Waals surface area contributed by atoms with E-state index in [2.05, 4.69) is 19.9 Å². The molecule has 148 valence electrons. The molecule has 0 atom stereocenters. The molecule has 1 amide bonds. The zero-order chi connectivity index (χ0) is 20.1. The van der Waals surface area contributed by atoms with Gasteiger partial charge in [0.25, 0.3) is 5.91 Å². The number of aryl methyl sites for hydroxylation is 1. The van der Waals surface area contributed by atoms with Gasteiger partial charge in [-0.05, 0) is 54.7 Å². The first-order valence-corrected chi connectivity index (χ1v) is 10.8. The van der Waals surface area contributed by atoms with E-state index in [4.69, 9.17) is 21.3 Å². The minimum absolute atomic E-state index is 0.0200. The van der Waals surface area contributed by atoms with Crippen LogP contribution in [0.3, 0.4) is 0 Å². The Kier molecular flexibility index (Phi) is 7.03. The van der Waals surface area contributed by atoms with E-state index in [9.17, 15) is 4.79 Å². The lowest BCUT2D eigenvalue weighted by Crippen LogP contribution is -2.41. The highest BCUT2D eigenvalue weighted by Crippen LogP contribution is 2.29. The molecule has 4 nitrogen and oxygen atoms in total. The van der Waals surface area contributed by atoms with Crippen LogP contribution in [0.5, 0.6) is 5.75 Å². The van der Waals surface area contributed by atoms with Gasteiger partial charge in [0.05, 0.1) is 5.69 Å². The molecule has 0 N–H and O–H groups in total. The second-order valence-corrected chi connectivity index (χ2v) is 8.55. The molecule has 2 aromatic rings. The Hall–Kier alpha value is -1.98. The first-order chi connectivity index (χ1) is 13.5. The van der Waals surface area contributed by atoms with Crippen molar-refractivity contribution in [2.45, 2.75) is 33.1 Å². The number of hydrogen-bond donors (Lipinski definition) is 0. The summed E-state index contributed by atoms with van der Waals surface area (Å²) in [6, 6.07) is 13.5. The van der Waals surface area contributed by atoms with Gasteiger partial charge in [0.1, 0.15) is 5.75 Å². The summed E-state index contributed by atoms with van der Waals surface area (Å²) < 4.78 is 5.75. The van der Waals surface area contributed by atoms with Crippen LogP contribution in [0.2, 0.25) is 5.02 Å². The molecule has 1 saturated heterocycles. The Bertz CT molecular complexity index is 883. The van der Waals surface area contributed by atoms with E-state index in [1.54, 1.807) is 28.8 Å². The summed E-state index contributed by atoms with van der Waals surface area (Å²) in [6.45, 7) is 6.86. The number of hydrogen-bond acceptors (Lipinski definition) is 4. The van der Waals surface area contributed by atoms with Gasteiger partial charge in [-0.3, -0.25) is 9.69 Å². The van der Waals surface area contributed by atoms with Crippen molar-refractivity contribution in [3.05, 3.63) is 58.6 Å². The summed E-state index contributed by atoms with van der Waals surface area (Å²) in [5.74, 6) is 1.92. The predicted molar refractivity (Wildman–Crippen MR) is 118 cm³/mol. The van der Waals surface area contributed by atoms with Crippen LogP contribution in [0.25, 0.3) is 0 Å². The summed E-state index contributed by atoms with van der Waals surface area (Å²) in [5, 5.41) is 1.41. The van der Waals surface area contributed by atoms with Crippen LogP contribution in [-0.4, -0.2) is 34.9 Å². The monoisotopic (exact) mass is 416 g/mol. The lowest BCUT2D eigenvalue weighted by Gasteiger charge is -2.28. The van der Waals surface area contributed by atoms with Crippen LogP contribution in [0.1, 0.15) is 37.3 Å². The van der Waals surface area contributed by atoms with Gasteiger partial charge in [-0.25, -0.2) is 4.99 Å². The Balaban J connectivity index is 1.76. The van der Waals surface area contributed by atoms with E-state index in [-0.39, 0.29) is 12.5 Å². The SMILES string of the molecule is Cc1cc(Cl)ccc1OCC(=O)N1CCCSC1=Nc1ccccc1C(C)C. The van der Waals surface area contributed by atoms with Gasteiger partial charge in [0.15, 0.2) is 11.8 Å². The highest BCUT2D eigenvalue weighted by Gasteiger charge is 2.24. The molecule has 0 spiro atoms. The number of amides is 1. The molecule has 0 aromatic heterocycles. The fraction of sp³-hybridized carbons (Fsp3) is 0.364. The standard InChI is InChI=1S/C22H25ClN2O2S/c1-15(2)18-7-4-5-8-19(18)24-22-25(11-6-12-28-22)21(26)14-27-20-10-9-17(23)13-16(20)3/h4-5,7-10,13,15H,6,11-12,14H2,1-3H3. The van der Waals surface area contributed by atoms with Crippen LogP contribution < -0.4 is 4.74 Å². The van der Waals surface area contributed by atoms with Crippen molar-refractivity contribution >= 4 is 40.1 Å². The largest absolute Gasteiger partial charge is 0.483 e. The normalized spacial score (nSPS) is 15.9. The van der Waals surface area contributed by atoms with Gasteiger partial charge >= 0.3 is 0 Å². The molecule has 28 heavy (non-hydrogen) atoms. The van der Waals surface area contributed by atoms with E-state index in [0.717, 1.165) is 28.6 Å². The van der Waals surface area contributed by atoms with Crippen LogP contribution in [-0.2, 0) is 4.79 Å². The van der Waals surface area contributed by atoms with Gasteiger partial charge < -0.3 is 4.74 Å². The molecule has 0 bridgehead atoms. The predicted octanol–water partition coefficient (Wildman–Crippen LogP) is 5.80. The third-order valence-electron chi connectivity index (χ3n) is 4.55. The molecular weight excluding hydrogens is 392 g/mol. The molecular formula is C22H25ClN2O2S. The number of amidine groups is 1. The van der Waals surface area contributed by atoms with Gasteiger partial charge in [0, 0.05) is 17.3 Å². The number of thioether (sulfide) groups is 1. The number of halogens is 1. The number of rotatable bonds is 5. The van der Waals surface area contributed by atoms with Gasteiger partial charge in [-0.1, -0.05) is 55.4 Å². The summed E-state index contributed by atoms with van der Waals surface area (Å²) in [5.41, 5.74) is 3.02. The lowest BCUT2D eigenvalue weighted by molar-refractivity contribution is -0.129. The van der Waals surface area contributed by atoms with E-state index in [1.807, 2.05) is 31.2 Å². The molecule has 1 fully saturated rings. The first-order valence-electron chi connectivity index (χ1n) is 9.45. The zero-order valence-corrected chi connectivity index (χ0v) is 18.0. The average Bonchev–Trinajstić information content (AvgIpc) is 2.68. The quantitative estimate of drug-likeness (QED) is 0.618. The fourth-order valence-electron chi connectivity index (χ4n) is 3.06. The van der Waals surface area contributed by atoms with Crippen molar-refractivity contribution in [3.8, 4) is 5.75 Å². The van der Waals surface area contributed by atoms with Gasteiger partial charge in [-0.15, -0.1) is 0 Å². The summed E-state index contributed by atoms with van der Waals surface area (Å²) >= 11 is 7.61. The first kappa shape index (κ1) is 20.7. The van der Waals surface area contributed by atoms with Gasteiger partial charge in [0.2, 0.25) is 0 Å². The average molecular weight is 417 g/mol. The van der Waals surface area contributed by atoms with Crippen molar-refractivity contribution in [1.82, 2.24) is 4.90 Å². The van der Waals surface area contributed by atoms with E-state index in [0.29, 0.717) is 23.2 Å². The second-order valence-electron chi connectivity index (χ2n) is 7.05. The Morgan fingerprint density at radius 3 is 2.82 bits per heavy atom. The van der Waals surface area contributed by atoms with Crippen molar-refractivity contribution in [2.24, 2.45) is 4.99 Å². The fourth-order valence-corrected chi connectivity index (χ4v) is 4.25. The molecule has 1 heterocycles. The van der Waals surface area contributed by atoms with Crippen LogP contribution >= 0.6 is 23.4 Å². The van der Waals surface area contributed by atoms with Crippen molar-refractivity contribution in [1.29, 1.82) is 0 Å². The molecule has 3 rings (SSSR count). The van der Waals surface area contributed by atoms with E-state index in [1.165, 1.54) is 5.56 Å². The van der Waals surface area contributed by atoms with Crippen molar-refractivity contribution in [2.75, 3.05) is 18.9 Å². The van der Waals surface area contributed by atoms with Crippen molar-refractivity contribution in [3.63, 3.8) is 0 Å². The summed E-state index contributed by atoms with van der Waals surface area (Å²) in [6.07, 6.45) is 0.946. The number of aliphatic imine (C=N–C) groups is 1.